The largest absolute Gasteiger partial charge is 0.344 e. The molecule has 0 unspecified atom stereocenters. The molecule has 33 heavy (non-hydrogen) atoms. The third-order valence-electron chi connectivity index (χ3n) is 5.96. The molecular weight excluding hydrogens is 436 g/mol. The Kier molecular flexibility index (Phi) is 7.51. The van der Waals surface area contributed by atoms with E-state index in [1.165, 1.54) is 11.3 Å². The number of fused-ring (bicyclic) bond motifs is 1. The molecule has 3 heterocycles. The molecule has 2 aromatic heterocycles. The van der Waals surface area contributed by atoms with Crippen molar-refractivity contribution in [2.45, 2.75) is 39.9 Å². The number of aromatic nitrogens is 3. The van der Waals surface area contributed by atoms with Crippen molar-refractivity contribution in [2.24, 2.45) is 0 Å². The smallest absolute Gasteiger partial charge is 0.272 e. The highest BCUT2D eigenvalue weighted by molar-refractivity contribution is 7.09. The van der Waals surface area contributed by atoms with Gasteiger partial charge in [-0.1, -0.05) is 30.3 Å². The summed E-state index contributed by atoms with van der Waals surface area (Å²) in [6, 6.07) is 10.1. The van der Waals surface area contributed by atoms with E-state index in [2.05, 4.69) is 27.3 Å². The molecule has 8 nitrogen and oxygen atoms in total. The van der Waals surface area contributed by atoms with Crippen LogP contribution in [0.15, 0.2) is 41.9 Å². The van der Waals surface area contributed by atoms with Gasteiger partial charge in [0.15, 0.2) is 5.69 Å². The number of amides is 2. The number of carbonyl (C=O) groups excluding carboxylic acids is 2. The van der Waals surface area contributed by atoms with E-state index in [1.54, 1.807) is 6.20 Å². The van der Waals surface area contributed by atoms with Gasteiger partial charge in [-0.05, 0) is 19.4 Å². The molecule has 1 aliphatic heterocycles. The molecule has 0 fully saturated rings. The lowest BCUT2D eigenvalue weighted by molar-refractivity contribution is -0.132. The van der Waals surface area contributed by atoms with Gasteiger partial charge in [-0.25, -0.2) is 4.98 Å². The maximum absolute atomic E-state index is 13.1. The van der Waals surface area contributed by atoms with E-state index in [4.69, 9.17) is 5.10 Å². The van der Waals surface area contributed by atoms with E-state index in [9.17, 15) is 9.59 Å². The summed E-state index contributed by atoms with van der Waals surface area (Å²) in [5.41, 5.74) is 3.57. The maximum Gasteiger partial charge on any atom is 0.272 e. The lowest BCUT2D eigenvalue weighted by Crippen LogP contribution is -2.42. The molecule has 0 atom stereocenters. The monoisotopic (exact) mass is 466 g/mol. The van der Waals surface area contributed by atoms with Crippen LogP contribution in [0, 0.1) is 0 Å². The number of nitrogens with zero attached hydrogens (tertiary/aromatic N) is 5. The number of thiazole rings is 1. The summed E-state index contributed by atoms with van der Waals surface area (Å²) in [4.78, 5) is 34.0. The molecule has 0 saturated carbocycles. The van der Waals surface area contributed by atoms with Gasteiger partial charge in [0.2, 0.25) is 5.91 Å². The van der Waals surface area contributed by atoms with Crippen LogP contribution < -0.4 is 5.32 Å². The van der Waals surface area contributed by atoms with Crippen LogP contribution in [0.4, 0.5) is 0 Å². The third kappa shape index (κ3) is 5.48. The Morgan fingerprint density at radius 1 is 1.18 bits per heavy atom. The first kappa shape index (κ1) is 23.1. The molecule has 3 aromatic rings. The molecule has 0 saturated heterocycles. The van der Waals surface area contributed by atoms with Gasteiger partial charge < -0.3 is 10.2 Å². The van der Waals surface area contributed by atoms with Crippen molar-refractivity contribution in [3.8, 4) is 0 Å². The van der Waals surface area contributed by atoms with Crippen molar-refractivity contribution >= 4 is 23.2 Å². The van der Waals surface area contributed by atoms with Crippen molar-refractivity contribution in [2.75, 3.05) is 26.2 Å². The number of rotatable bonds is 9. The zero-order chi connectivity index (χ0) is 23.2. The van der Waals surface area contributed by atoms with Crippen LogP contribution in [0.5, 0.6) is 0 Å². The molecule has 1 N–H and O–H groups in total. The second-order valence-corrected chi connectivity index (χ2v) is 9.03. The van der Waals surface area contributed by atoms with Gasteiger partial charge in [-0.2, -0.15) is 5.10 Å². The minimum atomic E-state index is -0.204. The van der Waals surface area contributed by atoms with Crippen LogP contribution in [-0.2, 0) is 30.8 Å². The highest BCUT2D eigenvalue weighted by Gasteiger charge is 2.29. The molecule has 0 bridgehead atoms. The average Bonchev–Trinajstić information content (AvgIpc) is 3.47. The summed E-state index contributed by atoms with van der Waals surface area (Å²) < 4.78 is 1.95. The molecular formula is C24H30N6O2S. The summed E-state index contributed by atoms with van der Waals surface area (Å²) in [7, 11) is 0. The number of hydrogen-bond acceptors (Lipinski definition) is 6. The number of nitrogens with one attached hydrogen (secondary N) is 1. The summed E-state index contributed by atoms with van der Waals surface area (Å²) in [6.07, 6.45) is 2.48. The topological polar surface area (TPSA) is 83.4 Å². The van der Waals surface area contributed by atoms with Crippen LogP contribution in [0.3, 0.4) is 0 Å². The normalized spacial score (nSPS) is 13.5. The van der Waals surface area contributed by atoms with Gasteiger partial charge in [-0.15, -0.1) is 11.3 Å². The maximum atomic E-state index is 13.1. The number of benzene rings is 1. The molecule has 0 radical (unpaired) electrons. The van der Waals surface area contributed by atoms with E-state index < -0.39 is 0 Å². The van der Waals surface area contributed by atoms with Gasteiger partial charge in [0, 0.05) is 55.4 Å². The van der Waals surface area contributed by atoms with Gasteiger partial charge in [0.05, 0.1) is 19.6 Å². The minimum Gasteiger partial charge on any atom is -0.344 e. The Balaban J connectivity index is 1.56. The fourth-order valence-electron chi connectivity index (χ4n) is 4.20. The fourth-order valence-corrected chi connectivity index (χ4v) is 4.75. The summed E-state index contributed by atoms with van der Waals surface area (Å²) >= 11 is 1.51. The van der Waals surface area contributed by atoms with Crippen LogP contribution >= 0.6 is 11.3 Å². The Morgan fingerprint density at radius 2 is 1.97 bits per heavy atom. The molecule has 0 aliphatic carbocycles. The van der Waals surface area contributed by atoms with Crippen LogP contribution in [0.1, 0.15) is 46.2 Å². The Morgan fingerprint density at radius 3 is 2.67 bits per heavy atom. The van der Waals surface area contributed by atoms with E-state index in [-0.39, 0.29) is 11.8 Å². The Bertz CT molecular complexity index is 1080. The van der Waals surface area contributed by atoms with E-state index in [1.807, 2.05) is 47.0 Å². The first-order chi connectivity index (χ1) is 16.1. The van der Waals surface area contributed by atoms with Crippen molar-refractivity contribution in [3.63, 3.8) is 0 Å². The van der Waals surface area contributed by atoms with Gasteiger partial charge >= 0.3 is 0 Å². The highest BCUT2D eigenvalue weighted by Crippen LogP contribution is 2.24. The van der Waals surface area contributed by atoms with E-state index >= 15 is 0 Å². The molecule has 1 aromatic carbocycles. The van der Waals surface area contributed by atoms with Crippen molar-refractivity contribution in [1.29, 1.82) is 0 Å². The Labute approximate surface area is 198 Å². The van der Waals surface area contributed by atoms with Gasteiger partial charge in [0.25, 0.3) is 5.91 Å². The van der Waals surface area contributed by atoms with Crippen molar-refractivity contribution in [1.82, 2.24) is 29.9 Å². The third-order valence-corrected chi connectivity index (χ3v) is 6.74. The summed E-state index contributed by atoms with van der Waals surface area (Å²) in [6.45, 7) is 8.04. The number of hydrogen-bond donors (Lipinski definition) is 1. The number of likely N-dealkylation sites (N-methyl/N-ethyl adjacent to an activating group) is 1. The summed E-state index contributed by atoms with van der Waals surface area (Å²) in [5, 5.41) is 10.4. The zero-order valence-electron chi connectivity index (χ0n) is 19.2. The van der Waals surface area contributed by atoms with E-state index in [0.29, 0.717) is 45.0 Å². The second-order valence-electron chi connectivity index (χ2n) is 8.05. The average molecular weight is 467 g/mol. The molecule has 2 amide bonds. The minimum absolute atomic E-state index is 0.120. The lowest BCUT2D eigenvalue weighted by Gasteiger charge is -2.29. The molecule has 1 aliphatic rings. The van der Waals surface area contributed by atoms with Gasteiger partial charge in [-0.3, -0.25) is 19.2 Å². The predicted octanol–water partition coefficient (Wildman–Crippen LogP) is 2.54. The summed E-state index contributed by atoms with van der Waals surface area (Å²) in [5.74, 6) is -0.0833. The quantitative estimate of drug-likeness (QED) is 0.524. The van der Waals surface area contributed by atoms with Crippen molar-refractivity contribution < 1.29 is 9.59 Å². The second kappa shape index (κ2) is 10.7. The SMILES string of the molecule is CCN(CC)C(=O)CN1CCc2c(c(C(=O)NCc3nccs3)nn2Cc2ccccc2)C1. The standard InChI is InChI=1S/C24H30N6O2S/c1-3-29(4-2)22(31)17-28-12-10-20-19(16-28)23(24(32)26-14-21-25-11-13-33-21)27-30(20)15-18-8-6-5-7-9-18/h5-9,11,13H,3-4,10,12,14-17H2,1-2H3,(H,26,32). The van der Waals surface area contributed by atoms with Crippen molar-refractivity contribution in [3.05, 3.63) is 69.4 Å². The molecule has 9 heteroatoms. The number of carbonyl (C=O) groups is 2. The fraction of sp³-hybridized carbons (Fsp3) is 0.417. The molecule has 0 spiro atoms. The van der Waals surface area contributed by atoms with Gasteiger partial charge in [0.1, 0.15) is 5.01 Å². The molecule has 4 rings (SSSR count). The van der Waals surface area contributed by atoms with Crippen LogP contribution in [-0.4, -0.2) is 62.6 Å². The predicted molar refractivity (Wildman–Crippen MR) is 128 cm³/mol. The molecule has 174 valence electrons. The van der Waals surface area contributed by atoms with Crippen LogP contribution in [0.25, 0.3) is 0 Å². The Hall–Kier alpha value is -3.04. The first-order valence-electron chi connectivity index (χ1n) is 11.4. The highest BCUT2D eigenvalue weighted by atomic mass is 32.1. The van der Waals surface area contributed by atoms with Crippen LogP contribution in [0.2, 0.25) is 0 Å². The van der Waals surface area contributed by atoms with E-state index in [0.717, 1.165) is 34.8 Å². The zero-order valence-corrected chi connectivity index (χ0v) is 20.0. The first-order valence-corrected chi connectivity index (χ1v) is 12.3. The lowest BCUT2D eigenvalue weighted by atomic mass is 10.0.